The number of halogens is 1. The summed E-state index contributed by atoms with van der Waals surface area (Å²) in [7, 11) is 0. The zero-order chi connectivity index (χ0) is 12.9. The Kier molecular flexibility index (Phi) is 2.82. The van der Waals surface area contributed by atoms with E-state index in [1.165, 1.54) is 56.0 Å². The van der Waals surface area contributed by atoms with Crippen LogP contribution in [0, 0.1) is 5.41 Å². The van der Waals surface area contributed by atoms with Crippen molar-refractivity contribution in [2.75, 3.05) is 6.54 Å². The van der Waals surface area contributed by atoms with Gasteiger partial charge in [-0.1, -0.05) is 34.5 Å². The summed E-state index contributed by atoms with van der Waals surface area (Å²) in [4.78, 5) is 0. The van der Waals surface area contributed by atoms with Gasteiger partial charge in [-0.05, 0) is 61.6 Å². The lowest BCUT2D eigenvalue weighted by atomic mass is 9.43. The first-order valence-electron chi connectivity index (χ1n) is 7.69. The van der Waals surface area contributed by atoms with Crippen molar-refractivity contribution in [3.63, 3.8) is 0 Å². The second kappa shape index (κ2) is 4.33. The Hall–Kier alpha value is -0.340. The second-order valence-electron chi connectivity index (χ2n) is 7.15. The van der Waals surface area contributed by atoms with Gasteiger partial charge in [-0.25, -0.2) is 0 Å². The van der Waals surface area contributed by atoms with Gasteiger partial charge in [0.05, 0.1) is 0 Å². The van der Waals surface area contributed by atoms with E-state index in [-0.39, 0.29) is 0 Å². The highest BCUT2D eigenvalue weighted by atomic mass is 79.9. The SMILES string of the molecule is Brc1cccc(C2(CNC3CC3)CC3(CCC3)C2)c1. The number of hydrogen-bond acceptors (Lipinski definition) is 1. The van der Waals surface area contributed by atoms with E-state index in [4.69, 9.17) is 0 Å². The molecule has 4 rings (SSSR count). The van der Waals surface area contributed by atoms with Crippen molar-refractivity contribution in [1.82, 2.24) is 5.32 Å². The maximum absolute atomic E-state index is 3.79. The minimum absolute atomic E-state index is 0.423. The van der Waals surface area contributed by atoms with Crippen LogP contribution in [0.15, 0.2) is 28.7 Å². The Bertz CT molecular complexity index is 480. The molecule has 0 aliphatic heterocycles. The van der Waals surface area contributed by atoms with Gasteiger partial charge >= 0.3 is 0 Å². The summed E-state index contributed by atoms with van der Waals surface area (Å²) in [6, 6.07) is 9.85. The van der Waals surface area contributed by atoms with Crippen molar-refractivity contribution in [3.8, 4) is 0 Å². The highest BCUT2D eigenvalue weighted by Gasteiger charge is 2.57. The smallest absolute Gasteiger partial charge is 0.0178 e. The van der Waals surface area contributed by atoms with E-state index >= 15 is 0 Å². The Morgan fingerprint density at radius 2 is 2.00 bits per heavy atom. The molecule has 3 fully saturated rings. The molecule has 2 heteroatoms. The molecule has 1 nitrogen and oxygen atoms in total. The minimum Gasteiger partial charge on any atom is -0.313 e. The van der Waals surface area contributed by atoms with Gasteiger partial charge in [0.1, 0.15) is 0 Å². The Balaban J connectivity index is 1.56. The van der Waals surface area contributed by atoms with E-state index in [2.05, 4.69) is 45.5 Å². The molecule has 1 aromatic rings. The van der Waals surface area contributed by atoms with Crippen LogP contribution in [0.2, 0.25) is 0 Å². The standard InChI is InChI=1S/C17H22BrN/c18-14-4-1-3-13(9-14)17(12-19-15-5-6-15)10-16(11-17)7-2-8-16/h1,3-4,9,15,19H,2,5-8,10-12H2. The van der Waals surface area contributed by atoms with Crippen molar-refractivity contribution in [2.24, 2.45) is 5.41 Å². The van der Waals surface area contributed by atoms with Crippen molar-refractivity contribution in [1.29, 1.82) is 0 Å². The molecule has 0 amide bonds. The third-order valence-electron chi connectivity index (χ3n) is 5.58. The highest BCUT2D eigenvalue weighted by molar-refractivity contribution is 9.10. The van der Waals surface area contributed by atoms with Crippen molar-refractivity contribution in [2.45, 2.75) is 56.4 Å². The molecule has 0 unspecified atom stereocenters. The van der Waals surface area contributed by atoms with Gasteiger partial charge < -0.3 is 5.32 Å². The Morgan fingerprint density at radius 3 is 2.58 bits per heavy atom. The van der Waals surface area contributed by atoms with Crippen LogP contribution >= 0.6 is 15.9 Å². The third-order valence-corrected chi connectivity index (χ3v) is 6.08. The number of nitrogens with one attached hydrogen (secondary N) is 1. The molecule has 3 aliphatic rings. The van der Waals surface area contributed by atoms with Crippen LogP contribution in [0.1, 0.15) is 50.5 Å². The van der Waals surface area contributed by atoms with E-state index in [1.807, 2.05) is 0 Å². The molecule has 1 aromatic carbocycles. The fraction of sp³-hybridized carbons (Fsp3) is 0.647. The number of rotatable bonds is 4. The average molecular weight is 320 g/mol. The topological polar surface area (TPSA) is 12.0 Å². The van der Waals surface area contributed by atoms with Gasteiger partial charge in [-0.15, -0.1) is 0 Å². The molecule has 0 bridgehead atoms. The molecule has 0 aromatic heterocycles. The molecule has 0 radical (unpaired) electrons. The number of hydrogen-bond donors (Lipinski definition) is 1. The molecule has 1 spiro atoms. The zero-order valence-electron chi connectivity index (χ0n) is 11.4. The Labute approximate surface area is 124 Å². The fourth-order valence-electron chi connectivity index (χ4n) is 4.29. The van der Waals surface area contributed by atoms with Crippen molar-refractivity contribution < 1.29 is 0 Å². The molecule has 0 heterocycles. The minimum atomic E-state index is 0.423. The van der Waals surface area contributed by atoms with Crippen LogP contribution in [-0.2, 0) is 5.41 Å². The summed E-state index contributed by atoms with van der Waals surface area (Å²) in [6.07, 6.45) is 10.0. The van der Waals surface area contributed by atoms with Crippen molar-refractivity contribution in [3.05, 3.63) is 34.3 Å². The van der Waals surface area contributed by atoms with Crippen LogP contribution in [-0.4, -0.2) is 12.6 Å². The lowest BCUT2D eigenvalue weighted by Gasteiger charge is -2.62. The van der Waals surface area contributed by atoms with Crippen LogP contribution in [0.5, 0.6) is 0 Å². The van der Waals surface area contributed by atoms with Crippen LogP contribution in [0.3, 0.4) is 0 Å². The summed E-state index contributed by atoms with van der Waals surface area (Å²) >= 11 is 3.64. The van der Waals surface area contributed by atoms with Gasteiger partial charge in [0.15, 0.2) is 0 Å². The normalized spacial score (nSPS) is 26.8. The monoisotopic (exact) mass is 319 g/mol. The predicted molar refractivity (Wildman–Crippen MR) is 82.4 cm³/mol. The highest BCUT2D eigenvalue weighted by Crippen LogP contribution is 2.64. The first kappa shape index (κ1) is 12.4. The van der Waals surface area contributed by atoms with Gasteiger partial charge in [0, 0.05) is 22.5 Å². The Morgan fingerprint density at radius 1 is 1.21 bits per heavy atom. The first-order chi connectivity index (χ1) is 9.20. The summed E-state index contributed by atoms with van der Waals surface area (Å²) in [5, 5.41) is 3.79. The van der Waals surface area contributed by atoms with Crippen molar-refractivity contribution >= 4 is 15.9 Å². The largest absolute Gasteiger partial charge is 0.313 e. The number of benzene rings is 1. The van der Waals surface area contributed by atoms with Crippen LogP contribution in [0.4, 0.5) is 0 Å². The first-order valence-corrected chi connectivity index (χ1v) is 8.49. The molecular weight excluding hydrogens is 298 g/mol. The molecular formula is C17H22BrN. The second-order valence-corrected chi connectivity index (χ2v) is 8.07. The quantitative estimate of drug-likeness (QED) is 0.867. The summed E-state index contributed by atoms with van der Waals surface area (Å²) in [5.41, 5.74) is 2.70. The van der Waals surface area contributed by atoms with E-state index < -0.39 is 0 Å². The summed E-state index contributed by atoms with van der Waals surface area (Å²) in [5.74, 6) is 0. The van der Waals surface area contributed by atoms with E-state index in [9.17, 15) is 0 Å². The van der Waals surface area contributed by atoms with Gasteiger partial charge in [0.25, 0.3) is 0 Å². The summed E-state index contributed by atoms with van der Waals surface area (Å²) < 4.78 is 1.23. The molecule has 1 N–H and O–H groups in total. The molecule has 3 aliphatic carbocycles. The molecule has 3 saturated carbocycles. The molecule has 19 heavy (non-hydrogen) atoms. The lowest BCUT2D eigenvalue weighted by Crippen LogP contribution is -2.57. The van der Waals surface area contributed by atoms with E-state index in [1.54, 1.807) is 5.56 Å². The maximum atomic E-state index is 3.79. The molecule has 102 valence electrons. The van der Waals surface area contributed by atoms with Crippen LogP contribution < -0.4 is 5.32 Å². The van der Waals surface area contributed by atoms with Gasteiger partial charge in [-0.2, -0.15) is 0 Å². The fourth-order valence-corrected chi connectivity index (χ4v) is 4.69. The van der Waals surface area contributed by atoms with Gasteiger partial charge in [0.2, 0.25) is 0 Å². The van der Waals surface area contributed by atoms with Crippen LogP contribution in [0.25, 0.3) is 0 Å². The zero-order valence-corrected chi connectivity index (χ0v) is 13.0. The predicted octanol–water partition coefficient (Wildman–Crippen LogP) is 4.40. The van der Waals surface area contributed by atoms with E-state index in [0.29, 0.717) is 5.41 Å². The van der Waals surface area contributed by atoms with E-state index in [0.717, 1.165) is 11.5 Å². The third kappa shape index (κ3) is 2.17. The molecule has 0 saturated heterocycles. The van der Waals surface area contributed by atoms with Gasteiger partial charge in [-0.3, -0.25) is 0 Å². The average Bonchev–Trinajstić information content (AvgIpc) is 3.09. The lowest BCUT2D eigenvalue weighted by molar-refractivity contribution is -0.0484. The summed E-state index contributed by atoms with van der Waals surface area (Å²) in [6.45, 7) is 1.19. The molecule has 0 atom stereocenters. The maximum Gasteiger partial charge on any atom is 0.0178 e.